The predicted octanol–water partition coefficient (Wildman–Crippen LogP) is 0.658. The molecule has 3 N–H and O–H groups in total. The first-order valence-electron chi connectivity index (χ1n) is 5.35. The third-order valence-electron chi connectivity index (χ3n) is 1.84. The molecule has 0 aliphatic heterocycles. The monoisotopic (exact) mass is 202 g/mol. The first kappa shape index (κ1) is 13.4. The molecule has 0 aromatic heterocycles. The van der Waals surface area contributed by atoms with E-state index in [0.29, 0.717) is 19.7 Å². The van der Waals surface area contributed by atoms with Gasteiger partial charge in [-0.05, 0) is 6.42 Å². The Morgan fingerprint density at radius 1 is 1.36 bits per heavy atom. The summed E-state index contributed by atoms with van der Waals surface area (Å²) in [5.74, 6) is -0.0778. The average Bonchev–Trinajstić information content (AvgIpc) is 2.20. The summed E-state index contributed by atoms with van der Waals surface area (Å²) in [5, 5.41) is 2.65. The molecular weight excluding hydrogens is 180 g/mol. The van der Waals surface area contributed by atoms with Crippen molar-refractivity contribution >= 4 is 5.91 Å². The molecule has 0 aromatic carbocycles. The van der Waals surface area contributed by atoms with Gasteiger partial charge in [0.2, 0.25) is 5.91 Å². The van der Waals surface area contributed by atoms with Gasteiger partial charge in [-0.1, -0.05) is 26.2 Å². The van der Waals surface area contributed by atoms with Gasteiger partial charge in [-0.3, -0.25) is 4.79 Å². The fourth-order valence-electron chi connectivity index (χ4n) is 1.06. The van der Waals surface area contributed by atoms with Crippen molar-refractivity contribution in [1.29, 1.82) is 0 Å². The number of nitrogens with two attached hydrogens (primary N) is 1. The van der Waals surface area contributed by atoms with Crippen molar-refractivity contribution in [1.82, 2.24) is 5.32 Å². The van der Waals surface area contributed by atoms with E-state index in [1.165, 1.54) is 19.3 Å². The van der Waals surface area contributed by atoms with E-state index in [2.05, 4.69) is 12.2 Å². The van der Waals surface area contributed by atoms with Crippen LogP contribution in [0.5, 0.6) is 0 Å². The number of rotatable bonds is 9. The van der Waals surface area contributed by atoms with Crippen LogP contribution in [0.15, 0.2) is 0 Å². The van der Waals surface area contributed by atoms with Gasteiger partial charge in [-0.2, -0.15) is 0 Å². The van der Waals surface area contributed by atoms with Crippen LogP contribution in [0, 0.1) is 0 Å². The van der Waals surface area contributed by atoms with Crippen LogP contribution in [0.4, 0.5) is 0 Å². The zero-order chi connectivity index (χ0) is 10.6. The second-order valence-corrected chi connectivity index (χ2v) is 3.25. The molecule has 0 aliphatic carbocycles. The number of carbonyl (C=O) groups excluding carboxylic acids is 1. The highest BCUT2D eigenvalue weighted by Crippen LogP contribution is 1.98. The lowest BCUT2D eigenvalue weighted by Gasteiger charge is -2.04. The highest BCUT2D eigenvalue weighted by Gasteiger charge is 1.98. The van der Waals surface area contributed by atoms with Crippen molar-refractivity contribution < 1.29 is 9.53 Å². The van der Waals surface area contributed by atoms with Crippen LogP contribution in [-0.2, 0) is 9.53 Å². The molecule has 0 saturated carbocycles. The van der Waals surface area contributed by atoms with Crippen LogP contribution >= 0.6 is 0 Å². The van der Waals surface area contributed by atoms with E-state index in [4.69, 9.17) is 10.5 Å². The topological polar surface area (TPSA) is 64.3 Å². The third kappa shape index (κ3) is 9.48. The minimum absolute atomic E-state index is 0.0778. The van der Waals surface area contributed by atoms with Crippen molar-refractivity contribution in [2.45, 2.75) is 32.6 Å². The van der Waals surface area contributed by atoms with Crippen molar-refractivity contribution in [2.75, 3.05) is 26.3 Å². The summed E-state index contributed by atoms with van der Waals surface area (Å²) >= 11 is 0. The Morgan fingerprint density at radius 2 is 2.14 bits per heavy atom. The molecule has 1 amide bonds. The molecule has 0 unspecified atom stereocenters. The maximum absolute atomic E-state index is 11.0. The van der Waals surface area contributed by atoms with Crippen LogP contribution in [-0.4, -0.2) is 32.2 Å². The van der Waals surface area contributed by atoms with Gasteiger partial charge in [0.05, 0.1) is 0 Å². The van der Waals surface area contributed by atoms with E-state index in [-0.39, 0.29) is 12.5 Å². The number of hydrogen-bond acceptors (Lipinski definition) is 3. The molecule has 14 heavy (non-hydrogen) atoms. The van der Waals surface area contributed by atoms with Crippen molar-refractivity contribution in [3.63, 3.8) is 0 Å². The quantitative estimate of drug-likeness (QED) is 0.540. The van der Waals surface area contributed by atoms with Gasteiger partial charge < -0.3 is 15.8 Å². The molecule has 0 bridgehead atoms. The Bertz CT molecular complexity index is 140. The molecule has 0 fully saturated rings. The molecule has 0 rings (SSSR count). The van der Waals surface area contributed by atoms with Gasteiger partial charge in [0.15, 0.2) is 0 Å². The normalized spacial score (nSPS) is 10.1. The molecule has 0 aliphatic rings. The van der Waals surface area contributed by atoms with Gasteiger partial charge in [-0.25, -0.2) is 0 Å². The molecule has 0 aromatic rings. The third-order valence-corrected chi connectivity index (χ3v) is 1.84. The van der Waals surface area contributed by atoms with E-state index in [1.807, 2.05) is 0 Å². The fraction of sp³-hybridized carbons (Fsp3) is 0.900. The van der Waals surface area contributed by atoms with Crippen LogP contribution < -0.4 is 11.1 Å². The largest absolute Gasteiger partial charge is 0.372 e. The summed E-state index contributed by atoms with van der Waals surface area (Å²) in [4.78, 5) is 11.0. The molecule has 0 heterocycles. The van der Waals surface area contributed by atoms with E-state index in [9.17, 15) is 4.79 Å². The van der Waals surface area contributed by atoms with Crippen LogP contribution in [0.25, 0.3) is 0 Å². The van der Waals surface area contributed by atoms with Gasteiger partial charge in [0.25, 0.3) is 0 Å². The molecule has 4 heteroatoms. The maximum Gasteiger partial charge on any atom is 0.246 e. The zero-order valence-corrected chi connectivity index (χ0v) is 9.05. The highest BCUT2D eigenvalue weighted by molar-refractivity contribution is 5.77. The molecule has 0 saturated heterocycles. The van der Waals surface area contributed by atoms with Gasteiger partial charge in [0, 0.05) is 19.7 Å². The second kappa shape index (κ2) is 10.5. The predicted molar refractivity (Wildman–Crippen MR) is 57.0 cm³/mol. The SMILES string of the molecule is CCCCCCOCC(=O)NCCN. The number of carbonyl (C=O) groups is 1. The zero-order valence-electron chi connectivity index (χ0n) is 9.05. The van der Waals surface area contributed by atoms with E-state index >= 15 is 0 Å². The Labute approximate surface area is 86.2 Å². The smallest absolute Gasteiger partial charge is 0.246 e. The highest BCUT2D eigenvalue weighted by atomic mass is 16.5. The minimum atomic E-state index is -0.0778. The number of amides is 1. The number of ether oxygens (including phenoxy) is 1. The van der Waals surface area contributed by atoms with Crippen LogP contribution in [0.3, 0.4) is 0 Å². The molecule has 0 radical (unpaired) electrons. The van der Waals surface area contributed by atoms with Crippen molar-refractivity contribution in [3.05, 3.63) is 0 Å². The van der Waals surface area contributed by atoms with Crippen molar-refractivity contribution in [2.24, 2.45) is 5.73 Å². The van der Waals surface area contributed by atoms with Crippen LogP contribution in [0.2, 0.25) is 0 Å². The van der Waals surface area contributed by atoms with Gasteiger partial charge in [0.1, 0.15) is 6.61 Å². The summed E-state index contributed by atoms with van der Waals surface area (Å²) in [6.45, 7) is 4.00. The Morgan fingerprint density at radius 3 is 2.79 bits per heavy atom. The van der Waals surface area contributed by atoms with Gasteiger partial charge in [-0.15, -0.1) is 0 Å². The molecule has 4 nitrogen and oxygen atoms in total. The number of nitrogens with one attached hydrogen (secondary N) is 1. The molecular formula is C10H22N2O2. The lowest BCUT2D eigenvalue weighted by Crippen LogP contribution is -2.32. The fourth-order valence-corrected chi connectivity index (χ4v) is 1.06. The Hall–Kier alpha value is -0.610. The summed E-state index contributed by atoms with van der Waals surface area (Å²) < 4.78 is 5.19. The molecule has 84 valence electrons. The van der Waals surface area contributed by atoms with E-state index in [1.54, 1.807) is 0 Å². The molecule has 0 atom stereocenters. The lowest BCUT2D eigenvalue weighted by molar-refractivity contribution is -0.125. The first-order chi connectivity index (χ1) is 6.81. The Balaban J connectivity index is 3.07. The maximum atomic E-state index is 11.0. The van der Waals surface area contributed by atoms with E-state index in [0.717, 1.165) is 6.42 Å². The lowest BCUT2D eigenvalue weighted by atomic mass is 10.2. The summed E-state index contributed by atoms with van der Waals surface area (Å²) in [7, 11) is 0. The van der Waals surface area contributed by atoms with Crippen LogP contribution in [0.1, 0.15) is 32.6 Å². The summed E-state index contributed by atoms with van der Waals surface area (Å²) in [5.41, 5.74) is 5.23. The number of unbranched alkanes of at least 4 members (excludes halogenated alkanes) is 3. The van der Waals surface area contributed by atoms with Crippen molar-refractivity contribution in [3.8, 4) is 0 Å². The Kier molecular flexibility index (Phi) is 10.0. The first-order valence-corrected chi connectivity index (χ1v) is 5.35. The standard InChI is InChI=1S/C10H22N2O2/c1-2-3-4-5-8-14-9-10(13)12-7-6-11/h2-9,11H2,1H3,(H,12,13). The molecule has 0 spiro atoms. The minimum Gasteiger partial charge on any atom is -0.372 e. The van der Waals surface area contributed by atoms with E-state index < -0.39 is 0 Å². The summed E-state index contributed by atoms with van der Waals surface area (Å²) in [6.07, 6.45) is 4.68. The summed E-state index contributed by atoms with van der Waals surface area (Å²) in [6, 6.07) is 0. The average molecular weight is 202 g/mol. The number of hydrogen-bond donors (Lipinski definition) is 2. The second-order valence-electron chi connectivity index (χ2n) is 3.25. The van der Waals surface area contributed by atoms with Gasteiger partial charge >= 0.3 is 0 Å².